The molecule has 0 saturated heterocycles. The van der Waals surface area contributed by atoms with Crippen LogP contribution in [0.5, 0.6) is 0 Å². The first-order chi connectivity index (χ1) is 7.58. The molecule has 1 aromatic heterocycles. The van der Waals surface area contributed by atoms with Gasteiger partial charge < -0.3 is 0 Å². The Hall–Kier alpha value is -1.35. The third-order valence-corrected chi connectivity index (χ3v) is 2.74. The zero-order valence-corrected chi connectivity index (χ0v) is 10.4. The normalized spacial score (nSPS) is 12.8. The average molecular weight is 236 g/mol. The van der Waals surface area contributed by atoms with Gasteiger partial charge in [0.15, 0.2) is 0 Å². The molecule has 84 valence electrons. The Labute approximate surface area is 100 Å². The smallest absolute Gasteiger partial charge is 0.101 e. The van der Waals surface area contributed by atoms with Crippen LogP contribution in [0.25, 0.3) is 5.69 Å². The number of aromatic nitrogens is 3. The molecule has 1 atom stereocenters. The largest absolute Gasteiger partial charge is 0.220 e. The molecule has 0 saturated carbocycles. The quantitative estimate of drug-likeness (QED) is 0.749. The molecule has 0 bridgehead atoms. The second-order valence-electron chi connectivity index (χ2n) is 3.99. The Bertz CT molecular complexity index is 503. The second kappa shape index (κ2) is 4.26. The van der Waals surface area contributed by atoms with E-state index >= 15 is 0 Å². The summed E-state index contributed by atoms with van der Waals surface area (Å²) < 4.78 is 1.77. The maximum absolute atomic E-state index is 5.95. The van der Waals surface area contributed by atoms with Gasteiger partial charge in [0.25, 0.3) is 0 Å². The standard InChI is InChI=1S/C12H14ClN3/c1-8-4-5-12(9(2)6-8)16-7-11(10(3)13)14-15-16/h4-7,10H,1-3H3. The monoisotopic (exact) mass is 235 g/mol. The molecular formula is C12H14ClN3. The zero-order valence-electron chi connectivity index (χ0n) is 9.61. The van der Waals surface area contributed by atoms with E-state index in [-0.39, 0.29) is 5.38 Å². The van der Waals surface area contributed by atoms with Crippen LogP contribution in [0.4, 0.5) is 0 Å². The minimum absolute atomic E-state index is 0.112. The fourth-order valence-electron chi connectivity index (χ4n) is 1.64. The number of benzene rings is 1. The summed E-state index contributed by atoms with van der Waals surface area (Å²) in [5, 5.41) is 8.01. The molecular weight excluding hydrogens is 222 g/mol. The third-order valence-electron chi connectivity index (χ3n) is 2.52. The van der Waals surface area contributed by atoms with Crippen molar-refractivity contribution >= 4 is 11.6 Å². The molecule has 2 aromatic rings. The number of alkyl halides is 1. The van der Waals surface area contributed by atoms with Crippen molar-refractivity contribution in [2.45, 2.75) is 26.1 Å². The van der Waals surface area contributed by atoms with Gasteiger partial charge in [-0.05, 0) is 32.4 Å². The lowest BCUT2D eigenvalue weighted by atomic mass is 10.1. The summed E-state index contributed by atoms with van der Waals surface area (Å²) in [4.78, 5) is 0. The summed E-state index contributed by atoms with van der Waals surface area (Å²) >= 11 is 5.95. The Morgan fingerprint density at radius 3 is 2.62 bits per heavy atom. The van der Waals surface area contributed by atoms with Crippen molar-refractivity contribution in [3.63, 3.8) is 0 Å². The Balaban J connectivity index is 2.42. The van der Waals surface area contributed by atoms with Gasteiger partial charge in [-0.2, -0.15) is 0 Å². The van der Waals surface area contributed by atoms with Crippen LogP contribution < -0.4 is 0 Å². The molecule has 1 heterocycles. The molecule has 4 heteroatoms. The van der Waals surface area contributed by atoms with Crippen molar-refractivity contribution < 1.29 is 0 Å². The molecule has 0 aliphatic rings. The average Bonchev–Trinajstić information content (AvgIpc) is 2.66. The predicted octanol–water partition coefficient (Wildman–Crippen LogP) is 3.18. The van der Waals surface area contributed by atoms with E-state index in [0.29, 0.717) is 0 Å². The fourth-order valence-corrected chi connectivity index (χ4v) is 1.74. The van der Waals surface area contributed by atoms with Crippen LogP contribution in [0.2, 0.25) is 0 Å². The molecule has 2 rings (SSSR count). The van der Waals surface area contributed by atoms with Crippen LogP contribution >= 0.6 is 11.6 Å². The number of halogens is 1. The van der Waals surface area contributed by atoms with Gasteiger partial charge in [0.05, 0.1) is 17.3 Å². The lowest BCUT2D eigenvalue weighted by molar-refractivity contribution is 0.792. The predicted molar refractivity (Wildman–Crippen MR) is 65.1 cm³/mol. The highest BCUT2D eigenvalue weighted by molar-refractivity contribution is 6.20. The molecule has 0 aliphatic carbocycles. The van der Waals surface area contributed by atoms with Crippen molar-refractivity contribution in [3.05, 3.63) is 41.2 Å². The molecule has 3 nitrogen and oxygen atoms in total. The maximum atomic E-state index is 5.95. The Morgan fingerprint density at radius 2 is 2.06 bits per heavy atom. The fraction of sp³-hybridized carbons (Fsp3) is 0.333. The van der Waals surface area contributed by atoms with Crippen LogP contribution in [0.15, 0.2) is 24.4 Å². The van der Waals surface area contributed by atoms with Gasteiger partial charge in [-0.15, -0.1) is 16.7 Å². The van der Waals surface area contributed by atoms with Crippen LogP contribution in [-0.4, -0.2) is 15.0 Å². The number of aryl methyl sites for hydroxylation is 2. The van der Waals surface area contributed by atoms with E-state index in [1.54, 1.807) is 4.68 Å². The second-order valence-corrected chi connectivity index (χ2v) is 4.65. The van der Waals surface area contributed by atoms with E-state index < -0.39 is 0 Å². The Morgan fingerprint density at radius 1 is 1.31 bits per heavy atom. The summed E-state index contributed by atoms with van der Waals surface area (Å²) in [5.41, 5.74) is 4.26. The molecule has 0 aliphatic heterocycles. The van der Waals surface area contributed by atoms with Crippen molar-refractivity contribution in [3.8, 4) is 5.69 Å². The van der Waals surface area contributed by atoms with Crippen LogP contribution in [0, 0.1) is 13.8 Å². The first-order valence-electron chi connectivity index (χ1n) is 5.22. The summed E-state index contributed by atoms with van der Waals surface area (Å²) in [6.07, 6.45) is 1.87. The van der Waals surface area contributed by atoms with E-state index in [2.05, 4.69) is 36.3 Å². The molecule has 0 spiro atoms. The minimum atomic E-state index is -0.112. The molecule has 16 heavy (non-hydrogen) atoms. The van der Waals surface area contributed by atoms with Crippen molar-refractivity contribution in [1.29, 1.82) is 0 Å². The third kappa shape index (κ3) is 2.09. The van der Waals surface area contributed by atoms with Gasteiger partial charge in [-0.1, -0.05) is 22.9 Å². The summed E-state index contributed by atoms with van der Waals surface area (Å²) in [6.45, 7) is 6.02. The highest BCUT2D eigenvalue weighted by Gasteiger charge is 2.08. The van der Waals surface area contributed by atoms with Crippen LogP contribution in [0.3, 0.4) is 0 Å². The summed E-state index contributed by atoms with van der Waals surface area (Å²) in [5.74, 6) is 0. The Kier molecular flexibility index (Phi) is 2.97. The van der Waals surface area contributed by atoms with E-state index in [1.807, 2.05) is 19.2 Å². The summed E-state index contributed by atoms with van der Waals surface area (Å²) in [6, 6.07) is 6.23. The molecule has 0 radical (unpaired) electrons. The van der Waals surface area contributed by atoms with Crippen LogP contribution in [0.1, 0.15) is 29.1 Å². The summed E-state index contributed by atoms with van der Waals surface area (Å²) in [7, 11) is 0. The highest BCUT2D eigenvalue weighted by atomic mass is 35.5. The van der Waals surface area contributed by atoms with Crippen molar-refractivity contribution in [1.82, 2.24) is 15.0 Å². The number of nitrogens with zero attached hydrogens (tertiary/aromatic N) is 3. The zero-order chi connectivity index (χ0) is 11.7. The molecule has 1 aromatic carbocycles. The first kappa shape index (κ1) is 11.1. The van der Waals surface area contributed by atoms with Gasteiger partial charge in [-0.3, -0.25) is 0 Å². The highest BCUT2D eigenvalue weighted by Crippen LogP contribution is 2.19. The van der Waals surface area contributed by atoms with Crippen molar-refractivity contribution in [2.75, 3.05) is 0 Å². The van der Waals surface area contributed by atoms with Gasteiger partial charge in [0, 0.05) is 0 Å². The lowest BCUT2D eigenvalue weighted by Crippen LogP contribution is -1.98. The van der Waals surface area contributed by atoms with Gasteiger partial charge in [-0.25, -0.2) is 4.68 Å². The van der Waals surface area contributed by atoms with Crippen LogP contribution in [-0.2, 0) is 0 Å². The van der Waals surface area contributed by atoms with E-state index in [0.717, 1.165) is 11.4 Å². The molecule has 1 unspecified atom stereocenters. The number of rotatable bonds is 2. The van der Waals surface area contributed by atoms with E-state index in [9.17, 15) is 0 Å². The van der Waals surface area contributed by atoms with Gasteiger partial charge in [0.1, 0.15) is 5.69 Å². The minimum Gasteiger partial charge on any atom is -0.220 e. The topological polar surface area (TPSA) is 30.7 Å². The SMILES string of the molecule is Cc1ccc(-n2cc(C(C)Cl)nn2)c(C)c1. The van der Waals surface area contributed by atoms with Gasteiger partial charge >= 0.3 is 0 Å². The maximum Gasteiger partial charge on any atom is 0.101 e. The molecule has 0 N–H and O–H groups in total. The van der Waals surface area contributed by atoms with Crippen molar-refractivity contribution in [2.24, 2.45) is 0 Å². The van der Waals surface area contributed by atoms with Gasteiger partial charge in [0.2, 0.25) is 0 Å². The number of hydrogen-bond donors (Lipinski definition) is 0. The lowest BCUT2D eigenvalue weighted by Gasteiger charge is -2.05. The van der Waals surface area contributed by atoms with E-state index in [1.165, 1.54) is 11.1 Å². The first-order valence-corrected chi connectivity index (χ1v) is 5.65. The number of hydrogen-bond acceptors (Lipinski definition) is 2. The molecule has 0 fully saturated rings. The van der Waals surface area contributed by atoms with E-state index in [4.69, 9.17) is 11.6 Å². The molecule has 0 amide bonds.